The van der Waals surface area contributed by atoms with Crippen LogP contribution in [0.4, 0.5) is 0 Å². The number of carboxylic acids is 1. The van der Waals surface area contributed by atoms with Crippen molar-refractivity contribution in [3.63, 3.8) is 0 Å². The number of allylic oxidation sites excluding steroid dienone is 11. The fourth-order valence-electron chi connectivity index (χ4n) is 7.80. The van der Waals surface area contributed by atoms with Gasteiger partial charge >= 0.3 is 5.97 Å². The van der Waals surface area contributed by atoms with E-state index in [1.54, 1.807) is 19.1 Å². The monoisotopic (exact) mass is 989 g/mol. The molecule has 1 aromatic rings. The molecule has 0 aliphatic heterocycles. The SMILES string of the molecule is C=CC/C=C\C/C=C\CCCCCCC.CCC/C=C\C/C=C\CCCCCCC.CCCCCC/C=C\CCCCCCC.CCCCCCCCCCCCCCC.Cc1cccc(O)c1C(=O)O. The van der Waals surface area contributed by atoms with Gasteiger partial charge in [0, 0.05) is 0 Å². The zero-order valence-electron chi connectivity index (χ0n) is 49.1. The minimum absolute atomic E-state index is 0.0208. The molecule has 0 saturated heterocycles. The van der Waals surface area contributed by atoms with Gasteiger partial charge in [0.2, 0.25) is 0 Å². The molecule has 0 unspecified atom stereocenters. The zero-order chi connectivity index (χ0) is 53.2. The number of carboxylic acid groups (broad SMARTS) is 1. The number of unbranched alkanes of at least 4 members (excludes halogenated alkanes) is 32. The second-order valence-electron chi connectivity index (χ2n) is 19.8. The Labute approximate surface area is 446 Å². The number of rotatable bonds is 44. The minimum atomic E-state index is -1.10. The van der Waals surface area contributed by atoms with Crippen LogP contribution in [0.1, 0.15) is 328 Å². The molecule has 0 heterocycles. The van der Waals surface area contributed by atoms with Gasteiger partial charge in [0.15, 0.2) is 0 Å². The van der Waals surface area contributed by atoms with Crippen LogP contribution in [0.5, 0.6) is 5.75 Å². The van der Waals surface area contributed by atoms with E-state index in [-0.39, 0.29) is 11.3 Å². The summed E-state index contributed by atoms with van der Waals surface area (Å²) in [6.45, 7) is 21.2. The second kappa shape index (κ2) is 71.2. The van der Waals surface area contributed by atoms with Crippen LogP contribution in [0.15, 0.2) is 91.6 Å². The number of aromatic carboxylic acids is 1. The smallest absolute Gasteiger partial charge is 0.339 e. The number of hydrogen-bond donors (Lipinski definition) is 2. The lowest BCUT2D eigenvalue weighted by Gasteiger charge is -2.01. The highest BCUT2D eigenvalue weighted by Gasteiger charge is 2.11. The van der Waals surface area contributed by atoms with Gasteiger partial charge in [-0.05, 0) is 95.6 Å². The molecule has 2 N–H and O–H groups in total. The predicted octanol–water partition coefficient (Wildman–Crippen LogP) is 24.4. The van der Waals surface area contributed by atoms with Crippen molar-refractivity contribution >= 4 is 5.97 Å². The maximum absolute atomic E-state index is 10.5. The summed E-state index contributed by atoms with van der Waals surface area (Å²) in [7, 11) is 0. The summed E-state index contributed by atoms with van der Waals surface area (Å²) in [6.07, 6.45) is 81.0. The highest BCUT2D eigenvalue weighted by atomic mass is 16.4. The highest BCUT2D eigenvalue weighted by molar-refractivity contribution is 5.92. The molecule has 3 heteroatoms. The first-order valence-corrected chi connectivity index (χ1v) is 30.7. The van der Waals surface area contributed by atoms with Gasteiger partial charge in [-0.25, -0.2) is 4.79 Å². The normalized spacial score (nSPS) is 11.1. The summed E-state index contributed by atoms with van der Waals surface area (Å²) in [5, 5.41) is 17.7. The van der Waals surface area contributed by atoms with E-state index in [0.29, 0.717) is 5.56 Å². The van der Waals surface area contributed by atoms with E-state index >= 15 is 0 Å². The lowest BCUT2D eigenvalue weighted by Crippen LogP contribution is -1.99. The molecule has 0 fully saturated rings. The summed E-state index contributed by atoms with van der Waals surface area (Å²) < 4.78 is 0. The van der Waals surface area contributed by atoms with Crippen LogP contribution < -0.4 is 0 Å². The molecule has 1 aromatic carbocycles. The van der Waals surface area contributed by atoms with Crippen molar-refractivity contribution in [3.05, 3.63) is 103 Å². The molecule has 1 rings (SSSR count). The van der Waals surface area contributed by atoms with Crippen molar-refractivity contribution < 1.29 is 15.0 Å². The standard InChI is InChI=1S/C15H32.C15H30.C15H28.C15H26.C8H8O3/c4*1-3-5-7-9-11-13-15-14-12-10-8-6-4-2;1-5-3-2-4-6(9)7(5)8(10)11/h3-15H2,1-2H3;13,15H,3-12,14H2,1-2H3;7,9,13,15H,3-6,8,10-12,14H2,1-2H3;3,7,9,13,15H,1,4-6,8,10-12,14H2,2H3;2-4,9H,1H3,(H,10,11)/b;15-13-;2*9-7-,15-13-;. The van der Waals surface area contributed by atoms with E-state index in [2.05, 4.69) is 116 Å². The third-order valence-corrected chi connectivity index (χ3v) is 12.5. The maximum atomic E-state index is 10.5. The molecule has 0 atom stereocenters. The zero-order valence-corrected chi connectivity index (χ0v) is 49.1. The van der Waals surface area contributed by atoms with Crippen LogP contribution in [0.3, 0.4) is 0 Å². The van der Waals surface area contributed by atoms with E-state index in [1.165, 1.54) is 250 Å². The second-order valence-corrected chi connectivity index (χ2v) is 19.8. The Kier molecular flexibility index (Phi) is 74.6. The van der Waals surface area contributed by atoms with Crippen molar-refractivity contribution in [3.8, 4) is 5.75 Å². The molecule has 0 aliphatic rings. The molecule has 0 aliphatic carbocycles. The van der Waals surface area contributed by atoms with Crippen LogP contribution in [0, 0.1) is 6.92 Å². The lowest BCUT2D eigenvalue weighted by atomic mass is 10.1. The Hall–Kier alpha value is -3.07. The molecule has 0 amide bonds. The van der Waals surface area contributed by atoms with E-state index < -0.39 is 5.97 Å². The Morgan fingerprint density at radius 3 is 0.930 bits per heavy atom. The van der Waals surface area contributed by atoms with Crippen molar-refractivity contribution in [2.75, 3.05) is 0 Å². The predicted molar refractivity (Wildman–Crippen MR) is 325 cm³/mol. The molecule has 0 spiro atoms. The average Bonchev–Trinajstić information content (AvgIpc) is 3.36. The Morgan fingerprint density at radius 2 is 0.648 bits per heavy atom. The first kappa shape index (κ1) is 74.5. The van der Waals surface area contributed by atoms with Gasteiger partial charge < -0.3 is 10.2 Å². The van der Waals surface area contributed by atoms with Crippen LogP contribution in [0.2, 0.25) is 0 Å². The number of aromatic hydroxyl groups is 1. The number of carbonyl (C=O) groups is 1. The van der Waals surface area contributed by atoms with Crippen LogP contribution in [0.25, 0.3) is 0 Å². The van der Waals surface area contributed by atoms with Crippen LogP contribution in [-0.4, -0.2) is 16.2 Å². The van der Waals surface area contributed by atoms with Crippen LogP contribution >= 0.6 is 0 Å². The maximum Gasteiger partial charge on any atom is 0.339 e. The molecule has 0 saturated carbocycles. The van der Waals surface area contributed by atoms with Gasteiger partial charge in [0.25, 0.3) is 0 Å². The van der Waals surface area contributed by atoms with E-state index in [9.17, 15) is 4.79 Å². The summed E-state index contributed by atoms with van der Waals surface area (Å²) in [4.78, 5) is 10.5. The number of aryl methyl sites for hydroxylation is 1. The van der Waals surface area contributed by atoms with Gasteiger partial charge in [-0.2, -0.15) is 0 Å². The molecule has 0 aromatic heterocycles. The first-order valence-electron chi connectivity index (χ1n) is 30.7. The Morgan fingerprint density at radius 1 is 0.380 bits per heavy atom. The lowest BCUT2D eigenvalue weighted by molar-refractivity contribution is 0.0693. The fraction of sp³-hybridized carbons (Fsp3) is 0.721. The molecular weight excluding hydrogens is 865 g/mol. The molecule has 3 nitrogen and oxygen atoms in total. The summed E-state index contributed by atoms with van der Waals surface area (Å²) in [6, 6.07) is 4.61. The number of hydrogen-bond acceptors (Lipinski definition) is 2. The Balaban J connectivity index is -0.000000396. The third kappa shape index (κ3) is 71.3. The van der Waals surface area contributed by atoms with E-state index in [4.69, 9.17) is 10.2 Å². The first-order chi connectivity index (χ1) is 34.8. The van der Waals surface area contributed by atoms with Gasteiger partial charge in [-0.1, -0.05) is 314 Å². The van der Waals surface area contributed by atoms with Crippen molar-refractivity contribution in [1.82, 2.24) is 0 Å². The number of benzene rings is 1. The average molecular weight is 990 g/mol. The van der Waals surface area contributed by atoms with Gasteiger partial charge in [0.1, 0.15) is 11.3 Å². The largest absolute Gasteiger partial charge is 0.507 e. The minimum Gasteiger partial charge on any atom is -0.507 e. The molecule has 414 valence electrons. The Bertz CT molecular complexity index is 1270. The molecule has 0 bridgehead atoms. The van der Waals surface area contributed by atoms with Crippen molar-refractivity contribution in [2.24, 2.45) is 0 Å². The fourth-order valence-corrected chi connectivity index (χ4v) is 7.80. The van der Waals surface area contributed by atoms with Crippen molar-refractivity contribution in [2.45, 2.75) is 319 Å². The summed E-state index contributed by atoms with van der Waals surface area (Å²) in [5.74, 6) is -1.28. The van der Waals surface area contributed by atoms with Gasteiger partial charge in [-0.3, -0.25) is 0 Å². The molecule has 71 heavy (non-hydrogen) atoms. The summed E-state index contributed by atoms with van der Waals surface area (Å²) >= 11 is 0. The summed E-state index contributed by atoms with van der Waals surface area (Å²) in [5.41, 5.74) is 0.546. The molecular formula is C68H124O3. The highest BCUT2D eigenvalue weighted by Crippen LogP contribution is 2.20. The molecule has 0 radical (unpaired) electrons. The third-order valence-electron chi connectivity index (χ3n) is 12.5. The van der Waals surface area contributed by atoms with E-state index in [0.717, 1.165) is 19.3 Å². The van der Waals surface area contributed by atoms with Crippen molar-refractivity contribution in [1.29, 1.82) is 0 Å². The van der Waals surface area contributed by atoms with E-state index in [1.807, 2.05) is 6.08 Å². The van der Waals surface area contributed by atoms with Gasteiger partial charge in [0.05, 0.1) is 0 Å². The number of phenols is 1. The quantitative estimate of drug-likeness (QED) is 0.0506. The topological polar surface area (TPSA) is 57.5 Å². The van der Waals surface area contributed by atoms with Gasteiger partial charge in [-0.15, -0.1) is 6.58 Å². The van der Waals surface area contributed by atoms with Crippen LogP contribution in [-0.2, 0) is 0 Å².